The molecule has 2 heterocycles. The van der Waals surface area contributed by atoms with Gasteiger partial charge in [-0.15, -0.1) is 12.4 Å². The number of aliphatic hydroxyl groups excluding tert-OH is 1. The van der Waals surface area contributed by atoms with Crippen LogP contribution in [-0.2, 0) is 4.79 Å². The average molecular weight is 334 g/mol. The molecule has 6 heteroatoms. The number of nitrogens with zero attached hydrogens (tertiary/aromatic N) is 1. The molecule has 2 fully saturated rings. The summed E-state index contributed by atoms with van der Waals surface area (Å²) in [4.78, 5) is 14.5. The quantitative estimate of drug-likeness (QED) is 0.612. The summed E-state index contributed by atoms with van der Waals surface area (Å²) in [5.41, 5.74) is 0. The summed E-state index contributed by atoms with van der Waals surface area (Å²) in [6.07, 6.45) is 6.37. The summed E-state index contributed by atoms with van der Waals surface area (Å²) in [6.45, 7) is 6.33. The van der Waals surface area contributed by atoms with Gasteiger partial charge in [-0.25, -0.2) is 0 Å². The fraction of sp³-hybridized carbons (Fsp3) is 0.938. The first-order chi connectivity index (χ1) is 10.2. The van der Waals surface area contributed by atoms with Gasteiger partial charge in [0.25, 0.3) is 0 Å². The largest absolute Gasteiger partial charge is 0.395 e. The van der Waals surface area contributed by atoms with Crippen LogP contribution in [0.25, 0.3) is 0 Å². The molecule has 2 aliphatic heterocycles. The van der Waals surface area contributed by atoms with Gasteiger partial charge in [0.2, 0.25) is 5.91 Å². The number of carbonyl (C=O) groups excluding carboxylic acids is 1. The SMILES string of the molecule is C[C@H]1C[C@@H](C(=O)NCCCCN2CCCC2CO)CCN1.Cl. The van der Waals surface area contributed by atoms with Crippen LogP contribution in [0.5, 0.6) is 0 Å². The van der Waals surface area contributed by atoms with Crippen molar-refractivity contribution < 1.29 is 9.90 Å². The number of hydrogen-bond acceptors (Lipinski definition) is 4. The van der Waals surface area contributed by atoms with E-state index in [0.29, 0.717) is 12.1 Å². The molecule has 0 aromatic carbocycles. The number of amides is 1. The van der Waals surface area contributed by atoms with E-state index in [4.69, 9.17) is 0 Å². The number of nitrogens with one attached hydrogen (secondary N) is 2. The number of rotatable bonds is 7. The number of aliphatic hydroxyl groups is 1. The summed E-state index contributed by atoms with van der Waals surface area (Å²) in [5, 5.41) is 15.7. The Balaban J connectivity index is 0.00000242. The predicted octanol–water partition coefficient (Wildman–Crippen LogP) is 1.15. The molecule has 2 rings (SSSR count). The van der Waals surface area contributed by atoms with E-state index in [-0.39, 0.29) is 30.8 Å². The molecule has 130 valence electrons. The lowest BCUT2D eigenvalue weighted by Crippen LogP contribution is -2.42. The number of unbranched alkanes of at least 4 members (excludes halogenated alkanes) is 1. The highest BCUT2D eigenvalue weighted by Crippen LogP contribution is 2.17. The first kappa shape index (κ1) is 19.7. The fourth-order valence-electron chi connectivity index (χ4n) is 3.56. The first-order valence-corrected chi connectivity index (χ1v) is 8.56. The number of halogens is 1. The second kappa shape index (κ2) is 10.4. The minimum atomic E-state index is 0. The van der Waals surface area contributed by atoms with E-state index in [9.17, 15) is 9.90 Å². The fourth-order valence-corrected chi connectivity index (χ4v) is 3.56. The Hall–Kier alpha value is -0.360. The highest BCUT2D eigenvalue weighted by Gasteiger charge is 2.24. The molecular formula is C16H32ClN3O2. The van der Waals surface area contributed by atoms with Crippen LogP contribution in [-0.4, -0.2) is 60.8 Å². The van der Waals surface area contributed by atoms with E-state index in [1.807, 2.05) is 0 Å². The molecule has 0 aliphatic carbocycles. The van der Waals surface area contributed by atoms with E-state index in [2.05, 4.69) is 22.5 Å². The van der Waals surface area contributed by atoms with Gasteiger partial charge >= 0.3 is 0 Å². The van der Waals surface area contributed by atoms with Crippen LogP contribution in [0.4, 0.5) is 0 Å². The molecule has 0 aromatic heterocycles. The topological polar surface area (TPSA) is 64.6 Å². The van der Waals surface area contributed by atoms with Gasteiger partial charge < -0.3 is 15.7 Å². The zero-order chi connectivity index (χ0) is 15.1. The lowest BCUT2D eigenvalue weighted by molar-refractivity contribution is -0.126. The second-order valence-corrected chi connectivity index (χ2v) is 6.59. The highest BCUT2D eigenvalue weighted by molar-refractivity contribution is 5.85. The maximum Gasteiger partial charge on any atom is 0.223 e. The first-order valence-electron chi connectivity index (χ1n) is 8.56. The Kier molecular flexibility index (Phi) is 9.33. The maximum absolute atomic E-state index is 12.1. The molecule has 2 aliphatic rings. The van der Waals surface area contributed by atoms with Crippen LogP contribution in [0.2, 0.25) is 0 Å². The van der Waals surface area contributed by atoms with Gasteiger partial charge in [-0.2, -0.15) is 0 Å². The summed E-state index contributed by atoms with van der Waals surface area (Å²) in [5.74, 6) is 0.427. The van der Waals surface area contributed by atoms with E-state index in [0.717, 1.165) is 58.3 Å². The van der Waals surface area contributed by atoms with Crippen molar-refractivity contribution >= 4 is 18.3 Å². The summed E-state index contributed by atoms with van der Waals surface area (Å²) in [6, 6.07) is 0.830. The lowest BCUT2D eigenvalue weighted by atomic mass is 9.92. The predicted molar refractivity (Wildman–Crippen MR) is 91.4 cm³/mol. The molecule has 0 radical (unpaired) electrons. The normalized spacial score (nSPS) is 29.1. The van der Waals surface area contributed by atoms with Gasteiger partial charge in [-0.1, -0.05) is 0 Å². The zero-order valence-corrected chi connectivity index (χ0v) is 14.5. The summed E-state index contributed by atoms with van der Waals surface area (Å²) in [7, 11) is 0. The van der Waals surface area contributed by atoms with Crippen molar-refractivity contribution in [1.29, 1.82) is 0 Å². The number of hydrogen-bond donors (Lipinski definition) is 3. The van der Waals surface area contributed by atoms with Gasteiger partial charge in [0.15, 0.2) is 0 Å². The van der Waals surface area contributed by atoms with E-state index < -0.39 is 0 Å². The Bertz CT molecular complexity index is 331. The van der Waals surface area contributed by atoms with Crippen molar-refractivity contribution in [3.8, 4) is 0 Å². The Morgan fingerprint density at radius 2 is 2.18 bits per heavy atom. The van der Waals surface area contributed by atoms with Crippen molar-refractivity contribution in [2.75, 3.05) is 32.8 Å². The molecule has 1 unspecified atom stereocenters. The van der Waals surface area contributed by atoms with Crippen molar-refractivity contribution in [3.05, 3.63) is 0 Å². The van der Waals surface area contributed by atoms with E-state index >= 15 is 0 Å². The third kappa shape index (κ3) is 6.03. The van der Waals surface area contributed by atoms with Crippen LogP contribution in [0.1, 0.15) is 45.4 Å². The van der Waals surface area contributed by atoms with Gasteiger partial charge in [-0.05, 0) is 65.1 Å². The Morgan fingerprint density at radius 3 is 2.91 bits per heavy atom. The maximum atomic E-state index is 12.1. The molecule has 0 aromatic rings. The minimum Gasteiger partial charge on any atom is -0.395 e. The molecule has 0 saturated carbocycles. The molecule has 2 saturated heterocycles. The van der Waals surface area contributed by atoms with Crippen LogP contribution in [0, 0.1) is 5.92 Å². The highest BCUT2D eigenvalue weighted by atomic mass is 35.5. The van der Waals surface area contributed by atoms with Gasteiger partial charge in [0.05, 0.1) is 6.61 Å². The molecular weight excluding hydrogens is 302 g/mol. The monoisotopic (exact) mass is 333 g/mol. The van der Waals surface area contributed by atoms with Crippen molar-refractivity contribution in [1.82, 2.24) is 15.5 Å². The van der Waals surface area contributed by atoms with Crippen LogP contribution in [0.15, 0.2) is 0 Å². The van der Waals surface area contributed by atoms with Gasteiger partial charge in [0.1, 0.15) is 0 Å². The molecule has 22 heavy (non-hydrogen) atoms. The van der Waals surface area contributed by atoms with Crippen LogP contribution >= 0.6 is 12.4 Å². The molecule has 3 N–H and O–H groups in total. The molecule has 0 spiro atoms. The number of likely N-dealkylation sites (tertiary alicyclic amines) is 1. The molecule has 1 amide bonds. The van der Waals surface area contributed by atoms with Crippen LogP contribution < -0.4 is 10.6 Å². The standard InChI is InChI=1S/C16H31N3O2.ClH/c1-13-11-14(6-8-17-13)16(21)18-7-2-3-9-19-10-4-5-15(19)12-20;/h13-15,17,20H,2-12H2,1H3,(H,18,21);1H/t13-,14-,15?;/m0./s1. The average Bonchev–Trinajstić information content (AvgIpc) is 2.94. The van der Waals surface area contributed by atoms with E-state index in [1.54, 1.807) is 0 Å². The zero-order valence-electron chi connectivity index (χ0n) is 13.7. The van der Waals surface area contributed by atoms with E-state index in [1.165, 1.54) is 6.42 Å². The third-order valence-electron chi connectivity index (χ3n) is 4.88. The van der Waals surface area contributed by atoms with Gasteiger partial charge in [-0.3, -0.25) is 9.69 Å². The van der Waals surface area contributed by atoms with Crippen molar-refractivity contribution in [2.24, 2.45) is 5.92 Å². The smallest absolute Gasteiger partial charge is 0.223 e. The minimum absolute atomic E-state index is 0. The Morgan fingerprint density at radius 1 is 1.36 bits per heavy atom. The third-order valence-corrected chi connectivity index (χ3v) is 4.88. The summed E-state index contributed by atoms with van der Waals surface area (Å²) >= 11 is 0. The second-order valence-electron chi connectivity index (χ2n) is 6.59. The van der Waals surface area contributed by atoms with Gasteiger partial charge in [0, 0.05) is 24.5 Å². The van der Waals surface area contributed by atoms with Crippen molar-refractivity contribution in [3.63, 3.8) is 0 Å². The van der Waals surface area contributed by atoms with Crippen LogP contribution in [0.3, 0.4) is 0 Å². The molecule has 3 atom stereocenters. The lowest BCUT2D eigenvalue weighted by Gasteiger charge is -2.27. The number of piperidine rings is 1. The molecule has 5 nitrogen and oxygen atoms in total. The van der Waals surface area contributed by atoms with Crippen molar-refractivity contribution in [2.45, 2.75) is 57.5 Å². The number of carbonyl (C=O) groups is 1. The summed E-state index contributed by atoms with van der Waals surface area (Å²) < 4.78 is 0. The molecule has 0 bridgehead atoms. The Labute approximate surface area is 140 Å².